The number of aromatic nitrogens is 2. The predicted molar refractivity (Wildman–Crippen MR) is 90.6 cm³/mol. The fourth-order valence-corrected chi connectivity index (χ4v) is 3.76. The normalized spacial score (nSPS) is 24.0. The maximum atomic E-state index is 13.1. The minimum Gasteiger partial charge on any atom is -0.358 e. The quantitative estimate of drug-likeness (QED) is 0.851. The van der Waals surface area contributed by atoms with Crippen LogP contribution in [0, 0.1) is 5.92 Å². The van der Waals surface area contributed by atoms with Gasteiger partial charge in [0.05, 0.1) is 11.1 Å². The molecule has 2 aromatic heterocycles. The Balaban J connectivity index is 1.50. The summed E-state index contributed by atoms with van der Waals surface area (Å²) >= 11 is 0. The van der Waals surface area contributed by atoms with E-state index in [0.717, 1.165) is 19.0 Å². The first-order valence-corrected chi connectivity index (χ1v) is 8.67. The van der Waals surface area contributed by atoms with Gasteiger partial charge >= 0.3 is 6.18 Å². The van der Waals surface area contributed by atoms with Gasteiger partial charge in [-0.05, 0) is 18.9 Å². The molecule has 26 heavy (non-hydrogen) atoms. The molecule has 2 aromatic rings. The first-order valence-electron chi connectivity index (χ1n) is 8.67. The smallest absolute Gasteiger partial charge is 0.358 e. The van der Waals surface area contributed by atoms with Crippen molar-refractivity contribution < 1.29 is 18.0 Å². The van der Waals surface area contributed by atoms with Crippen LogP contribution in [0.2, 0.25) is 0 Å². The summed E-state index contributed by atoms with van der Waals surface area (Å²) in [6.07, 6.45) is -0.588. The van der Waals surface area contributed by atoms with Gasteiger partial charge in [-0.2, -0.15) is 13.2 Å². The summed E-state index contributed by atoms with van der Waals surface area (Å²) < 4.78 is 39.4. The maximum Gasteiger partial charge on any atom is 0.418 e. The molecule has 1 saturated heterocycles. The number of pyridine rings is 1. The van der Waals surface area contributed by atoms with Crippen molar-refractivity contribution in [3.05, 3.63) is 24.0 Å². The van der Waals surface area contributed by atoms with Gasteiger partial charge in [0.1, 0.15) is 0 Å². The molecule has 3 heterocycles. The van der Waals surface area contributed by atoms with Crippen LogP contribution >= 0.6 is 0 Å². The molecule has 1 aliphatic carbocycles. The lowest BCUT2D eigenvalue weighted by Gasteiger charge is -2.40. The van der Waals surface area contributed by atoms with Crippen molar-refractivity contribution in [1.82, 2.24) is 14.9 Å². The summed E-state index contributed by atoms with van der Waals surface area (Å²) in [6.45, 7) is 2.15. The number of aromatic amines is 1. The van der Waals surface area contributed by atoms with Crippen LogP contribution < -0.4 is 10.6 Å². The van der Waals surface area contributed by atoms with Crippen LogP contribution in [0.15, 0.2) is 18.5 Å². The van der Waals surface area contributed by atoms with Gasteiger partial charge in [-0.3, -0.25) is 4.79 Å². The number of amides is 1. The second-order valence-corrected chi connectivity index (χ2v) is 7.00. The Bertz CT molecular complexity index is 819. The van der Waals surface area contributed by atoms with Crippen molar-refractivity contribution in [2.75, 3.05) is 31.1 Å². The third kappa shape index (κ3) is 2.90. The molecule has 9 heteroatoms. The summed E-state index contributed by atoms with van der Waals surface area (Å²) in [6, 6.07) is 1.55. The van der Waals surface area contributed by atoms with E-state index >= 15 is 0 Å². The number of alkyl halides is 3. The first-order chi connectivity index (χ1) is 12.3. The Hall–Kier alpha value is -2.29. The van der Waals surface area contributed by atoms with Gasteiger partial charge in [0.2, 0.25) is 5.91 Å². The highest BCUT2D eigenvalue weighted by Gasteiger charge is 2.37. The van der Waals surface area contributed by atoms with Gasteiger partial charge in [-0.25, -0.2) is 4.98 Å². The highest BCUT2D eigenvalue weighted by molar-refractivity contribution is 5.92. The molecule has 2 aliphatic rings. The molecule has 0 unspecified atom stereocenters. The monoisotopic (exact) mass is 367 g/mol. The average Bonchev–Trinajstić information content (AvgIpc) is 3.06. The molecule has 0 atom stereocenters. The number of nitrogens with zero attached hydrogens (tertiary/aromatic N) is 3. The van der Waals surface area contributed by atoms with Gasteiger partial charge in [0, 0.05) is 55.9 Å². The molecule has 0 bridgehead atoms. The van der Waals surface area contributed by atoms with Crippen LogP contribution in [0.25, 0.3) is 10.9 Å². The second-order valence-electron chi connectivity index (χ2n) is 7.00. The van der Waals surface area contributed by atoms with E-state index in [1.54, 1.807) is 0 Å². The van der Waals surface area contributed by atoms with E-state index in [1.165, 1.54) is 12.3 Å². The summed E-state index contributed by atoms with van der Waals surface area (Å²) in [5.41, 5.74) is 5.39. The SMILES string of the molecule is NC1CC(C(=O)N2CCN(c3ncc(C(F)(F)F)c4cc[nH]c34)CC2)C1. The van der Waals surface area contributed by atoms with Crippen LogP contribution in [0.4, 0.5) is 19.0 Å². The van der Waals surface area contributed by atoms with Crippen molar-refractivity contribution in [3.63, 3.8) is 0 Å². The molecule has 1 amide bonds. The predicted octanol–water partition coefficient (Wildman–Crippen LogP) is 1.97. The zero-order valence-corrected chi connectivity index (χ0v) is 14.1. The summed E-state index contributed by atoms with van der Waals surface area (Å²) in [5.74, 6) is 0.656. The highest BCUT2D eigenvalue weighted by Crippen LogP contribution is 2.37. The minimum absolute atomic E-state index is 0.0239. The van der Waals surface area contributed by atoms with Crippen LogP contribution in [0.5, 0.6) is 0 Å². The lowest BCUT2D eigenvalue weighted by atomic mass is 9.80. The van der Waals surface area contributed by atoms with E-state index < -0.39 is 11.7 Å². The number of halogens is 3. The number of rotatable bonds is 2. The lowest BCUT2D eigenvalue weighted by Crippen LogP contribution is -2.53. The third-order valence-electron chi connectivity index (χ3n) is 5.30. The van der Waals surface area contributed by atoms with Crippen molar-refractivity contribution in [2.45, 2.75) is 25.1 Å². The molecule has 0 aromatic carbocycles. The Morgan fingerprint density at radius 3 is 2.54 bits per heavy atom. The number of fused-ring (bicyclic) bond motifs is 1. The van der Waals surface area contributed by atoms with Gasteiger partial charge < -0.3 is 20.5 Å². The van der Waals surface area contributed by atoms with E-state index in [4.69, 9.17) is 5.73 Å². The summed E-state index contributed by atoms with van der Waals surface area (Å²) in [4.78, 5) is 23.1. The number of hydrogen-bond acceptors (Lipinski definition) is 4. The minimum atomic E-state index is -4.44. The zero-order chi connectivity index (χ0) is 18.5. The van der Waals surface area contributed by atoms with E-state index in [-0.39, 0.29) is 23.3 Å². The van der Waals surface area contributed by atoms with Crippen molar-refractivity contribution in [2.24, 2.45) is 11.7 Å². The van der Waals surface area contributed by atoms with Gasteiger partial charge in [0.15, 0.2) is 5.82 Å². The molecule has 4 rings (SSSR count). The standard InChI is InChI=1S/C17H20F3N5O/c18-17(19,20)13-9-23-15(14-12(13)1-2-22-14)24-3-5-25(6-4-24)16(26)10-7-11(21)8-10/h1-2,9-11,22H,3-8,21H2. The molecule has 0 radical (unpaired) electrons. The van der Waals surface area contributed by atoms with Gasteiger partial charge in [-0.1, -0.05) is 0 Å². The molecule has 2 fully saturated rings. The Kier molecular flexibility index (Phi) is 4.06. The molecule has 3 N–H and O–H groups in total. The Morgan fingerprint density at radius 1 is 1.23 bits per heavy atom. The average molecular weight is 367 g/mol. The Morgan fingerprint density at radius 2 is 1.92 bits per heavy atom. The molecular weight excluding hydrogens is 347 g/mol. The van der Waals surface area contributed by atoms with Crippen molar-refractivity contribution in [1.29, 1.82) is 0 Å². The molecule has 140 valence electrons. The topological polar surface area (TPSA) is 78.2 Å². The molecule has 6 nitrogen and oxygen atoms in total. The number of nitrogens with one attached hydrogen (secondary N) is 1. The van der Waals surface area contributed by atoms with E-state index in [9.17, 15) is 18.0 Å². The third-order valence-corrected chi connectivity index (χ3v) is 5.30. The van der Waals surface area contributed by atoms with Crippen LogP contribution in [0.3, 0.4) is 0 Å². The highest BCUT2D eigenvalue weighted by atomic mass is 19.4. The maximum absolute atomic E-state index is 13.1. The largest absolute Gasteiger partial charge is 0.418 e. The summed E-state index contributed by atoms with van der Waals surface area (Å²) in [5, 5.41) is 0.115. The molecule has 1 saturated carbocycles. The zero-order valence-electron chi connectivity index (χ0n) is 14.1. The second kappa shape index (κ2) is 6.15. The number of nitrogens with two attached hydrogens (primary N) is 1. The molecule has 0 spiro atoms. The number of anilines is 1. The lowest BCUT2D eigenvalue weighted by molar-refractivity contribution is -0.139. The molecular formula is C17H20F3N5O. The van der Waals surface area contributed by atoms with Crippen LogP contribution in [-0.2, 0) is 11.0 Å². The molecule has 1 aliphatic heterocycles. The van der Waals surface area contributed by atoms with E-state index in [1.807, 2.05) is 9.80 Å². The summed E-state index contributed by atoms with van der Waals surface area (Å²) in [7, 11) is 0. The first kappa shape index (κ1) is 17.1. The van der Waals surface area contributed by atoms with Crippen LogP contribution in [0.1, 0.15) is 18.4 Å². The van der Waals surface area contributed by atoms with Crippen LogP contribution in [-0.4, -0.2) is 53.0 Å². The fraction of sp³-hybridized carbons (Fsp3) is 0.529. The number of piperazine rings is 1. The van der Waals surface area contributed by atoms with Gasteiger partial charge in [0.25, 0.3) is 0 Å². The Labute approximate surface area is 148 Å². The fourth-order valence-electron chi connectivity index (χ4n) is 3.76. The van der Waals surface area contributed by atoms with E-state index in [0.29, 0.717) is 37.5 Å². The van der Waals surface area contributed by atoms with Crippen molar-refractivity contribution in [3.8, 4) is 0 Å². The number of H-pyrrole nitrogens is 1. The van der Waals surface area contributed by atoms with E-state index in [2.05, 4.69) is 9.97 Å². The number of hydrogen-bond donors (Lipinski definition) is 2. The number of carbonyl (C=O) groups excluding carboxylic acids is 1. The van der Waals surface area contributed by atoms with Gasteiger partial charge in [-0.15, -0.1) is 0 Å². The number of carbonyl (C=O) groups is 1. The van der Waals surface area contributed by atoms with Crippen molar-refractivity contribution >= 4 is 22.6 Å².